The first-order chi connectivity index (χ1) is 11.1. The first-order valence-electron chi connectivity index (χ1n) is 7.58. The molecule has 0 saturated carbocycles. The average Bonchev–Trinajstić information content (AvgIpc) is 2.57. The largest absolute Gasteiger partial charge is 0.481 e. The number of benzene rings is 1. The minimum Gasteiger partial charge on any atom is -0.481 e. The number of hydrogen-bond donors (Lipinski definition) is 0. The van der Waals surface area contributed by atoms with Crippen LogP contribution < -0.4 is 4.74 Å². The minimum atomic E-state index is -0.495. The number of amides is 2. The summed E-state index contributed by atoms with van der Waals surface area (Å²) in [6, 6.07) is 5.84. The summed E-state index contributed by atoms with van der Waals surface area (Å²) >= 11 is 0. The van der Waals surface area contributed by atoms with Gasteiger partial charge in [-0.1, -0.05) is 12.1 Å². The molecular formula is C16H19FN2O4. The van der Waals surface area contributed by atoms with Gasteiger partial charge < -0.3 is 19.3 Å². The molecule has 0 spiro atoms. The number of halogens is 1. The lowest BCUT2D eigenvalue weighted by molar-refractivity contribution is -0.164. The molecule has 2 aliphatic rings. The number of rotatable bonds is 3. The molecule has 124 valence electrons. The molecule has 0 radical (unpaired) electrons. The number of likely N-dealkylation sites (tertiary alicyclic amines) is 1. The van der Waals surface area contributed by atoms with Gasteiger partial charge in [0.05, 0.1) is 12.1 Å². The minimum absolute atomic E-state index is 0.0331. The maximum absolute atomic E-state index is 13.5. The van der Waals surface area contributed by atoms with Gasteiger partial charge in [-0.3, -0.25) is 9.59 Å². The van der Waals surface area contributed by atoms with Crippen LogP contribution in [0, 0.1) is 5.82 Å². The molecule has 0 bridgehead atoms. The maximum atomic E-state index is 13.5. The summed E-state index contributed by atoms with van der Waals surface area (Å²) in [5, 5.41) is 0. The Balaban J connectivity index is 1.58. The van der Waals surface area contributed by atoms with E-state index < -0.39 is 5.82 Å². The first-order valence-corrected chi connectivity index (χ1v) is 7.58. The first kappa shape index (κ1) is 15.7. The van der Waals surface area contributed by atoms with Crippen molar-refractivity contribution >= 4 is 11.8 Å². The zero-order chi connectivity index (χ0) is 16.4. The highest BCUT2D eigenvalue weighted by Crippen LogP contribution is 2.23. The summed E-state index contributed by atoms with van der Waals surface area (Å²) in [4.78, 5) is 27.3. The number of likely N-dealkylation sites (N-methyl/N-ethyl adjacent to an activating group) is 1. The SMILES string of the molecule is CN1C(=O)CO[C@@H]2CCN(C(=O)COc3ccccc3F)C[C@@H]21. The third-order valence-corrected chi connectivity index (χ3v) is 4.37. The summed E-state index contributed by atoms with van der Waals surface area (Å²) in [5.74, 6) is -0.740. The Labute approximate surface area is 133 Å². The average molecular weight is 322 g/mol. The predicted molar refractivity (Wildman–Crippen MR) is 79.4 cm³/mol. The Hall–Kier alpha value is -2.15. The van der Waals surface area contributed by atoms with Crippen LogP contribution in [0.2, 0.25) is 0 Å². The van der Waals surface area contributed by atoms with Crippen LogP contribution in [0.25, 0.3) is 0 Å². The molecule has 2 saturated heterocycles. The predicted octanol–water partition coefficient (Wildman–Crippen LogP) is 0.663. The molecule has 2 heterocycles. The number of hydrogen-bond acceptors (Lipinski definition) is 4. The molecule has 6 nitrogen and oxygen atoms in total. The molecule has 23 heavy (non-hydrogen) atoms. The quantitative estimate of drug-likeness (QED) is 0.820. The zero-order valence-corrected chi connectivity index (χ0v) is 12.9. The second-order valence-corrected chi connectivity index (χ2v) is 5.77. The van der Waals surface area contributed by atoms with Gasteiger partial charge >= 0.3 is 0 Å². The molecule has 3 rings (SSSR count). The van der Waals surface area contributed by atoms with Gasteiger partial charge in [0.2, 0.25) is 5.91 Å². The van der Waals surface area contributed by atoms with E-state index in [1.165, 1.54) is 12.1 Å². The van der Waals surface area contributed by atoms with Gasteiger partial charge in [0.15, 0.2) is 18.2 Å². The van der Waals surface area contributed by atoms with Crippen molar-refractivity contribution in [2.75, 3.05) is 33.4 Å². The van der Waals surface area contributed by atoms with Crippen molar-refractivity contribution in [3.05, 3.63) is 30.1 Å². The molecule has 1 aromatic rings. The molecule has 7 heteroatoms. The van der Waals surface area contributed by atoms with E-state index in [2.05, 4.69) is 0 Å². The number of para-hydroxylation sites is 1. The van der Waals surface area contributed by atoms with Crippen LogP contribution >= 0.6 is 0 Å². The fraction of sp³-hybridized carbons (Fsp3) is 0.500. The molecule has 2 amide bonds. The Morgan fingerprint density at radius 2 is 2.22 bits per heavy atom. The monoisotopic (exact) mass is 322 g/mol. The lowest BCUT2D eigenvalue weighted by Gasteiger charge is -2.45. The van der Waals surface area contributed by atoms with Gasteiger partial charge in [-0.25, -0.2) is 4.39 Å². The van der Waals surface area contributed by atoms with E-state index in [9.17, 15) is 14.0 Å². The van der Waals surface area contributed by atoms with Crippen LogP contribution in [0.5, 0.6) is 5.75 Å². The second kappa shape index (κ2) is 6.54. The lowest BCUT2D eigenvalue weighted by atomic mass is 9.99. The van der Waals surface area contributed by atoms with Crippen molar-refractivity contribution in [3.8, 4) is 5.75 Å². The van der Waals surface area contributed by atoms with E-state index in [4.69, 9.17) is 9.47 Å². The Morgan fingerprint density at radius 3 is 3.00 bits per heavy atom. The van der Waals surface area contributed by atoms with E-state index in [1.807, 2.05) is 0 Å². The van der Waals surface area contributed by atoms with Crippen molar-refractivity contribution in [2.45, 2.75) is 18.6 Å². The van der Waals surface area contributed by atoms with Crippen LogP contribution in [0.3, 0.4) is 0 Å². The number of nitrogens with zero attached hydrogens (tertiary/aromatic N) is 2. The van der Waals surface area contributed by atoms with E-state index in [0.29, 0.717) is 19.5 Å². The molecular weight excluding hydrogens is 303 g/mol. The van der Waals surface area contributed by atoms with Gasteiger partial charge in [-0.2, -0.15) is 0 Å². The summed E-state index contributed by atoms with van der Waals surface area (Å²) in [7, 11) is 1.73. The van der Waals surface area contributed by atoms with Crippen LogP contribution in [-0.4, -0.2) is 67.1 Å². The smallest absolute Gasteiger partial charge is 0.260 e. The third-order valence-electron chi connectivity index (χ3n) is 4.37. The highest BCUT2D eigenvalue weighted by molar-refractivity contribution is 5.80. The molecule has 0 unspecified atom stereocenters. The summed E-state index contributed by atoms with van der Waals surface area (Å²) in [6.45, 7) is 0.827. The van der Waals surface area contributed by atoms with Crippen LogP contribution in [0.1, 0.15) is 6.42 Å². The fourth-order valence-electron chi connectivity index (χ4n) is 2.96. The van der Waals surface area contributed by atoms with Crippen molar-refractivity contribution < 1.29 is 23.5 Å². The van der Waals surface area contributed by atoms with Crippen LogP contribution in [0.4, 0.5) is 4.39 Å². The number of fused-ring (bicyclic) bond motifs is 1. The van der Waals surface area contributed by atoms with Gasteiger partial charge in [-0.15, -0.1) is 0 Å². The van der Waals surface area contributed by atoms with Crippen molar-refractivity contribution in [1.29, 1.82) is 0 Å². The van der Waals surface area contributed by atoms with Gasteiger partial charge in [-0.05, 0) is 18.6 Å². The standard InChI is InChI=1S/C16H19FN2O4/c1-18-12-8-19(7-6-14(12)23-9-15(18)20)16(21)10-22-13-5-3-2-4-11(13)17/h2-5,12,14H,6-10H2,1H3/t12-,14+/m0/s1. The van der Waals surface area contributed by atoms with Crippen molar-refractivity contribution in [2.24, 2.45) is 0 Å². The number of carbonyl (C=O) groups is 2. The Morgan fingerprint density at radius 1 is 1.43 bits per heavy atom. The molecule has 2 atom stereocenters. The molecule has 0 aromatic heterocycles. The van der Waals surface area contributed by atoms with E-state index >= 15 is 0 Å². The third kappa shape index (κ3) is 3.29. The molecule has 2 fully saturated rings. The van der Waals surface area contributed by atoms with Crippen LogP contribution in [-0.2, 0) is 14.3 Å². The topological polar surface area (TPSA) is 59.1 Å². The second-order valence-electron chi connectivity index (χ2n) is 5.77. The molecule has 0 N–H and O–H groups in total. The normalized spacial score (nSPS) is 24.3. The van der Waals surface area contributed by atoms with E-state index in [0.717, 1.165) is 0 Å². The zero-order valence-electron chi connectivity index (χ0n) is 12.9. The summed E-state index contributed by atoms with van der Waals surface area (Å²) < 4.78 is 24.3. The number of piperidine rings is 1. The summed E-state index contributed by atoms with van der Waals surface area (Å²) in [5.41, 5.74) is 0. The highest BCUT2D eigenvalue weighted by atomic mass is 19.1. The Bertz CT molecular complexity index is 609. The molecule has 1 aromatic carbocycles. The lowest BCUT2D eigenvalue weighted by Crippen LogP contribution is -2.61. The van der Waals surface area contributed by atoms with Crippen LogP contribution in [0.15, 0.2) is 24.3 Å². The highest BCUT2D eigenvalue weighted by Gasteiger charge is 2.39. The van der Waals surface area contributed by atoms with Gasteiger partial charge in [0, 0.05) is 20.1 Å². The van der Waals surface area contributed by atoms with Gasteiger partial charge in [0.1, 0.15) is 6.61 Å². The number of ether oxygens (including phenoxy) is 2. The molecule has 2 aliphatic heterocycles. The number of carbonyl (C=O) groups excluding carboxylic acids is 2. The van der Waals surface area contributed by atoms with Gasteiger partial charge in [0.25, 0.3) is 5.91 Å². The number of morpholine rings is 1. The van der Waals surface area contributed by atoms with Crippen molar-refractivity contribution in [3.63, 3.8) is 0 Å². The van der Waals surface area contributed by atoms with Crippen molar-refractivity contribution in [1.82, 2.24) is 9.80 Å². The Kier molecular flexibility index (Phi) is 4.47. The fourth-order valence-corrected chi connectivity index (χ4v) is 2.96. The van der Waals surface area contributed by atoms with E-state index in [1.54, 1.807) is 29.0 Å². The molecule has 0 aliphatic carbocycles. The maximum Gasteiger partial charge on any atom is 0.260 e. The summed E-state index contributed by atoms with van der Waals surface area (Å²) in [6.07, 6.45) is 0.641. The van der Waals surface area contributed by atoms with E-state index in [-0.39, 0.29) is 42.9 Å².